The summed E-state index contributed by atoms with van der Waals surface area (Å²) in [6.07, 6.45) is -0.438. The number of halogens is 3. The first-order valence-corrected chi connectivity index (χ1v) is 9.37. The maximum atomic E-state index is 13.0. The van der Waals surface area contributed by atoms with Crippen LogP contribution >= 0.6 is 0 Å². The molecule has 1 N–H and O–H groups in total. The number of carbonyl (C=O) groups excluding carboxylic acids is 1. The van der Waals surface area contributed by atoms with E-state index in [1.165, 1.54) is 12.3 Å². The van der Waals surface area contributed by atoms with Crippen LogP contribution in [-0.2, 0) is 10.9 Å². The number of likely N-dealkylation sites (tertiary alicyclic amines) is 1. The third-order valence-corrected chi connectivity index (χ3v) is 4.73. The number of alkyl halides is 3. The topological polar surface area (TPSA) is 67.6 Å². The highest BCUT2D eigenvalue weighted by Gasteiger charge is 2.34. The van der Waals surface area contributed by atoms with Crippen LogP contribution in [0.1, 0.15) is 45.2 Å². The second-order valence-electron chi connectivity index (χ2n) is 8.14. The molecular weight excluding hydrogens is 387 g/mol. The Kier molecular flexibility index (Phi) is 5.51. The van der Waals surface area contributed by atoms with Gasteiger partial charge in [-0.25, -0.2) is 4.79 Å². The molecule has 9 heteroatoms. The van der Waals surface area contributed by atoms with E-state index in [1.807, 2.05) is 20.8 Å². The molecule has 1 aliphatic heterocycles. The van der Waals surface area contributed by atoms with Crippen LogP contribution in [0.5, 0.6) is 5.75 Å². The highest BCUT2D eigenvalue weighted by Crippen LogP contribution is 2.38. The number of aromatic nitrogens is 2. The Balaban J connectivity index is 1.68. The molecule has 2 heterocycles. The Morgan fingerprint density at radius 2 is 1.83 bits per heavy atom. The average molecular weight is 411 g/mol. The Morgan fingerprint density at radius 3 is 2.41 bits per heavy atom. The van der Waals surface area contributed by atoms with Gasteiger partial charge < -0.3 is 14.7 Å². The lowest BCUT2D eigenvalue weighted by molar-refractivity contribution is -0.138. The van der Waals surface area contributed by atoms with Crippen molar-refractivity contribution < 1.29 is 27.8 Å². The van der Waals surface area contributed by atoms with Gasteiger partial charge in [0.25, 0.3) is 0 Å². The molecule has 1 aromatic heterocycles. The number of amides is 1. The fourth-order valence-electron chi connectivity index (χ4n) is 3.27. The fourth-order valence-corrected chi connectivity index (χ4v) is 3.27. The summed E-state index contributed by atoms with van der Waals surface area (Å²) >= 11 is 0. The summed E-state index contributed by atoms with van der Waals surface area (Å²) < 4.78 is 46.2. The number of nitrogens with zero attached hydrogens (tertiary/aromatic N) is 3. The second-order valence-corrected chi connectivity index (χ2v) is 8.14. The van der Waals surface area contributed by atoms with E-state index in [0.29, 0.717) is 37.1 Å². The molecule has 29 heavy (non-hydrogen) atoms. The molecule has 1 saturated heterocycles. The Labute approximate surface area is 166 Å². The van der Waals surface area contributed by atoms with Crippen molar-refractivity contribution in [2.24, 2.45) is 0 Å². The van der Waals surface area contributed by atoms with Gasteiger partial charge in [0, 0.05) is 24.8 Å². The fraction of sp³-hybridized carbons (Fsp3) is 0.500. The summed E-state index contributed by atoms with van der Waals surface area (Å²) in [5.74, 6) is -0.803. The molecule has 6 nitrogen and oxygen atoms in total. The van der Waals surface area contributed by atoms with E-state index in [4.69, 9.17) is 4.74 Å². The molecule has 3 rings (SSSR count). The zero-order valence-electron chi connectivity index (χ0n) is 16.5. The number of carbonyl (C=O) groups is 1. The number of rotatable bonds is 2. The van der Waals surface area contributed by atoms with Gasteiger partial charge in [-0.2, -0.15) is 18.3 Å². The van der Waals surface area contributed by atoms with Crippen molar-refractivity contribution in [1.29, 1.82) is 0 Å². The van der Waals surface area contributed by atoms with Gasteiger partial charge in [-0.15, -0.1) is 0 Å². The average Bonchev–Trinajstić information content (AvgIpc) is 3.10. The lowest BCUT2D eigenvalue weighted by Gasteiger charge is -2.33. The van der Waals surface area contributed by atoms with E-state index in [9.17, 15) is 23.1 Å². The van der Waals surface area contributed by atoms with E-state index in [2.05, 4.69) is 5.10 Å². The summed E-state index contributed by atoms with van der Waals surface area (Å²) in [5.41, 5.74) is -0.768. The van der Waals surface area contributed by atoms with Gasteiger partial charge in [0.15, 0.2) is 0 Å². The molecular formula is C20H24F3N3O3. The number of hydrogen-bond acceptors (Lipinski definition) is 4. The highest BCUT2D eigenvalue weighted by atomic mass is 19.4. The van der Waals surface area contributed by atoms with Crippen LogP contribution in [0.25, 0.3) is 11.1 Å². The maximum absolute atomic E-state index is 13.0. The molecule has 1 fully saturated rings. The lowest BCUT2D eigenvalue weighted by atomic mass is 10.0. The number of ether oxygens (including phenoxy) is 1. The van der Waals surface area contributed by atoms with Gasteiger partial charge in [-0.1, -0.05) is 6.07 Å². The predicted molar refractivity (Wildman–Crippen MR) is 100 cm³/mol. The molecule has 158 valence electrons. The number of piperidine rings is 1. The minimum absolute atomic E-state index is 0.0432. The monoisotopic (exact) mass is 411 g/mol. The van der Waals surface area contributed by atoms with Crippen molar-refractivity contribution in [2.45, 2.75) is 51.4 Å². The first-order valence-electron chi connectivity index (χ1n) is 9.37. The number of aromatic hydroxyl groups is 1. The molecule has 0 aliphatic carbocycles. The lowest BCUT2D eigenvalue weighted by Crippen LogP contribution is -2.42. The third-order valence-electron chi connectivity index (χ3n) is 4.73. The van der Waals surface area contributed by atoms with Crippen LogP contribution in [0.2, 0.25) is 0 Å². The van der Waals surface area contributed by atoms with Crippen molar-refractivity contribution in [3.05, 3.63) is 36.2 Å². The quantitative estimate of drug-likeness (QED) is 0.767. The summed E-state index contributed by atoms with van der Waals surface area (Å²) in [7, 11) is 0. The first-order chi connectivity index (χ1) is 13.4. The summed E-state index contributed by atoms with van der Waals surface area (Å²) in [6, 6.07) is 3.43. The summed E-state index contributed by atoms with van der Waals surface area (Å²) in [5, 5.41) is 13.8. The van der Waals surface area contributed by atoms with Crippen LogP contribution in [0.4, 0.5) is 18.0 Å². The van der Waals surface area contributed by atoms with Crippen molar-refractivity contribution in [3.8, 4) is 16.9 Å². The van der Waals surface area contributed by atoms with Crippen LogP contribution in [0.15, 0.2) is 30.6 Å². The van der Waals surface area contributed by atoms with Crippen LogP contribution < -0.4 is 0 Å². The van der Waals surface area contributed by atoms with Crippen molar-refractivity contribution in [1.82, 2.24) is 14.7 Å². The molecule has 0 spiro atoms. The van der Waals surface area contributed by atoms with E-state index in [0.717, 1.165) is 12.1 Å². The normalized spacial score (nSPS) is 16.1. The van der Waals surface area contributed by atoms with Gasteiger partial charge in [-0.3, -0.25) is 4.68 Å². The minimum atomic E-state index is -4.63. The highest BCUT2D eigenvalue weighted by molar-refractivity contribution is 5.68. The van der Waals surface area contributed by atoms with Crippen molar-refractivity contribution >= 4 is 6.09 Å². The molecule has 1 amide bonds. The number of benzene rings is 1. The van der Waals surface area contributed by atoms with Gasteiger partial charge in [0.1, 0.15) is 11.4 Å². The smallest absolute Gasteiger partial charge is 0.419 e. The maximum Gasteiger partial charge on any atom is 0.419 e. The first kappa shape index (κ1) is 21.0. The van der Waals surface area contributed by atoms with E-state index in [-0.39, 0.29) is 12.1 Å². The zero-order chi connectivity index (χ0) is 21.4. The molecule has 1 aromatic carbocycles. The Hall–Kier alpha value is -2.71. The molecule has 0 radical (unpaired) electrons. The number of phenolic OH excluding ortho intramolecular Hbond substituents is 1. The number of phenols is 1. The van der Waals surface area contributed by atoms with Gasteiger partial charge >= 0.3 is 12.3 Å². The minimum Gasteiger partial charge on any atom is -0.507 e. The predicted octanol–water partition coefficient (Wildman–Crippen LogP) is 4.85. The van der Waals surface area contributed by atoms with E-state index >= 15 is 0 Å². The SMILES string of the molecule is CC(C)(C)OC(=O)N1CCC(n2cc(-c3ccc(O)c(C(F)(F)F)c3)cn2)CC1. The second kappa shape index (κ2) is 7.61. The Bertz CT molecular complexity index is 879. The van der Waals surface area contributed by atoms with Gasteiger partial charge in [0.2, 0.25) is 0 Å². The summed E-state index contributed by atoms with van der Waals surface area (Å²) in [4.78, 5) is 13.8. The Morgan fingerprint density at radius 1 is 1.17 bits per heavy atom. The van der Waals surface area contributed by atoms with Crippen molar-refractivity contribution in [3.63, 3.8) is 0 Å². The van der Waals surface area contributed by atoms with Crippen LogP contribution in [-0.4, -0.2) is 44.6 Å². The van der Waals surface area contributed by atoms with Gasteiger partial charge in [0.05, 0.1) is 17.8 Å². The molecule has 0 saturated carbocycles. The molecule has 0 unspecified atom stereocenters. The largest absolute Gasteiger partial charge is 0.507 e. The van der Waals surface area contributed by atoms with E-state index < -0.39 is 23.1 Å². The molecule has 0 bridgehead atoms. The van der Waals surface area contributed by atoms with Crippen LogP contribution in [0.3, 0.4) is 0 Å². The number of hydrogen-bond donors (Lipinski definition) is 1. The molecule has 2 aromatic rings. The third kappa shape index (κ3) is 5.02. The molecule has 0 atom stereocenters. The zero-order valence-corrected chi connectivity index (χ0v) is 16.5. The van der Waals surface area contributed by atoms with Gasteiger partial charge in [-0.05, 0) is 51.3 Å². The van der Waals surface area contributed by atoms with Crippen LogP contribution in [0, 0.1) is 0 Å². The summed E-state index contributed by atoms with van der Waals surface area (Å²) in [6.45, 7) is 6.49. The molecule has 1 aliphatic rings. The van der Waals surface area contributed by atoms with E-state index in [1.54, 1.807) is 15.8 Å². The standard InChI is InChI=1S/C20H24F3N3O3/c1-19(2,3)29-18(28)25-8-6-15(7-9-25)26-12-14(11-24-26)13-4-5-17(27)16(10-13)20(21,22)23/h4-5,10-12,15,27H,6-9H2,1-3H3. The van der Waals surface area contributed by atoms with Crippen molar-refractivity contribution in [2.75, 3.05) is 13.1 Å².